The van der Waals surface area contributed by atoms with Crippen LogP contribution in [-0.2, 0) is 19.5 Å². The highest BCUT2D eigenvalue weighted by atomic mass is 35.5. The van der Waals surface area contributed by atoms with E-state index in [1.807, 2.05) is 48.7 Å². The SMILES string of the molecule is Clc1ccc(-c2ncc3c(n2)CCN(Cc2c[nH]c4ccc(Cl)cc24)C3)cc1. The van der Waals surface area contributed by atoms with Crippen LogP contribution < -0.4 is 0 Å². The zero-order valence-electron chi connectivity index (χ0n) is 15.1. The largest absolute Gasteiger partial charge is 0.361 e. The van der Waals surface area contributed by atoms with E-state index in [2.05, 4.69) is 21.1 Å². The van der Waals surface area contributed by atoms with Crippen molar-refractivity contribution in [3.63, 3.8) is 0 Å². The van der Waals surface area contributed by atoms with Crippen LogP contribution in [0.1, 0.15) is 16.8 Å². The van der Waals surface area contributed by atoms with E-state index < -0.39 is 0 Å². The Labute approximate surface area is 173 Å². The van der Waals surface area contributed by atoms with Crippen LogP contribution in [0.5, 0.6) is 0 Å². The third-order valence-corrected chi connectivity index (χ3v) is 5.73. The number of nitrogens with one attached hydrogen (secondary N) is 1. The van der Waals surface area contributed by atoms with E-state index in [1.54, 1.807) is 0 Å². The lowest BCUT2D eigenvalue weighted by Crippen LogP contribution is -2.30. The van der Waals surface area contributed by atoms with Crippen LogP contribution in [-0.4, -0.2) is 26.4 Å². The smallest absolute Gasteiger partial charge is 0.159 e. The van der Waals surface area contributed by atoms with Gasteiger partial charge in [0.15, 0.2) is 5.82 Å². The minimum atomic E-state index is 0.718. The Balaban J connectivity index is 1.36. The van der Waals surface area contributed by atoms with Crippen molar-refractivity contribution in [1.29, 1.82) is 0 Å². The van der Waals surface area contributed by atoms with Crippen molar-refractivity contribution in [2.45, 2.75) is 19.5 Å². The van der Waals surface area contributed by atoms with Crippen LogP contribution in [0.4, 0.5) is 0 Å². The average molecular weight is 409 g/mol. The molecule has 0 saturated heterocycles. The third kappa shape index (κ3) is 3.39. The Morgan fingerprint density at radius 1 is 1.04 bits per heavy atom. The second-order valence-corrected chi connectivity index (χ2v) is 8.01. The standard InChI is InChI=1S/C22H18Cl2N4/c23-17-3-1-14(2-4-17)22-26-11-16-13-28(8-7-20(16)27-22)12-15-10-25-21-6-5-18(24)9-19(15)21/h1-6,9-11,25H,7-8,12-13H2. The fourth-order valence-corrected chi connectivity index (χ4v) is 4.07. The highest BCUT2D eigenvalue weighted by Crippen LogP contribution is 2.26. The number of fused-ring (bicyclic) bond motifs is 2. The summed E-state index contributed by atoms with van der Waals surface area (Å²) in [5.41, 5.74) is 5.71. The first kappa shape index (κ1) is 17.7. The van der Waals surface area contributed by atoms with Crippen LogP contribution in [0, 0.1) is 0 Å². The zero-order chi connectivity index (χ0) is 19.1. The second-order valence-electron chi connectivity index (χ2n) is 7.14. The lowest BCUT2D eigenvalue weighted by atomic mass is 10.1. The summed E-state index contributed by atoms with van der Waals surface area (Å²) in [7, 11) is 0. The summed E-state index contributed by atoms with van der Waals surface area (Å²) in [4.78, 5) is 15.1. The van der Waals surface area contributed by atoms with Gasteiger partial charge in [-0.3, -0.25) is 4.90 Å². The number of rotatable bonds is 3. The molecule has 0 bridgehead atoms. The molecule has 0 aliphatic carbocycles. The van der Waals surface area contributed by atoms with Crippen LogP contribution in [0.2, 0.25) is 10.0 Å². The Morgan fingerprint density at radius 3 is 2.71 bits per heavy atom. The molecule has 0 saturated carbocycles. The van der Waals surface area contributed by atoms with E-state index in [9.17, 15) is 0 Å². The monoisotopic (exact) mass is 408 g/mol. The minimum absolute atomic E-state index is 0.718. The van der Waals surface area contributed by atoms with Gasteiger partial charge in [0, 0.05) is 70.5 Å². The van der Waals surface area contributed by atoms with Gasteiger partial charge in [0.25, 0.3) is 0 Å². The maximum absolute atomic E-state index is 6.18. The summed E-state index contributed by atoms with van der Waals surface area (Å²) in [5, 5.41) is 2.67. The summed E-state index contributed by atoms with van der Waals surface area (Å²) in [6, 6.07) is 13.6. The van der Waals surface area contributed by atoms with Gasteiger partial charge in [-0.15, -0.1) is 0 Å². The van der Waals surface area contributed by atoms with Crippen molar-refractivity contribution in [3.8, 4) is 11.4 Å². The van der Waals surface area contributed by atoms with Crippen molar-refractivity contribution in [2.75, 3.05) is 6.54 Å². The average Bonchev–Trinajstić information content (AvgIpc) is 3.10. The molecular weight excluding hydrogens is 391 g/mol. The van der Waals surface area contributed by atoms with Gasteiger partial charge in [0.05, 0.1) is 5.69 Å². The van der Waals surface area contributed by atoms with Crippen LogP contribution in [0.25, 0.3) is 22.3 Å². The van der Waals surface area contributed by atoms with Gasteiger partial charge in [0.2, 0.25) is 0 Å². The third-order valence-electron chi connectivity index (χ3n) is 5.24. The molecular formula is C22H18Cl2N4. The molecule has 140 valence electrons. The maximum atomic E-state index is 6.18. The topological polar surface area (TPSA) is 44.8 Å². The normalized spacial score (nSPS) is 14.4. The highest BCUT2D eigenvalue weighted by Gasteiger charge is 2.20. The number of H-pyrrole nitrogens is 1. The predicted molar refractivity (Wildman–Crippen MR) is 114 cm³/mol. The molecule has 0 atom stereocenters. The molecule has 3 heterocycles. The number of hydrogen-bond acceptors (Lipinski definition) is 3. The molecule has 1 aliphatic heterocycles. The Bertz CT molecular complexity index is 1150. The number of aromatic nitrogens is 3. The van der Waals surface area contributed by atoms with Gasteiger partial charge < -0.3 is 4.98 Å². The Morgan fingerprint density at radius 2 is 1.86 bits per heavy atom. The molecule has 1 aliphatic rings. The molecule has 2 aromatic carbocycles. The molecule has 0 radical (unpaired) electrons. The van der Waals surface area contributed by atoms with E-state index in [4.69, 9.17) is 28.2 Å². The molecule has 4 nitrogen and oxygen atoms in total. The van der Waals surface area contributed by atoms with Crippen LogP contribution in [0.15, 0.2) is 54.9 Å². The quantitative estimate of drug-likeness (QED) is 0.487. The van der Waals surface area contributed by atoms with Crippen LogP contribution >= 0.6 is 23.2 Å². The van der Waals surface area contributed by atoms with Crippen molar-refractivity contribution in [3.05, 3.63) is 81.7 Å². The van der Waals surface area contributed by atoms with Gasteiger partial charge in [-0.2, -0.15) is 0 Å². The first-order chi connectivity index (χ1) is 13.7. The number of benzene rings is 2. The molecule has 0 spiro atoms. The van der Waals surface area contributed by atoms with Crippen molar-refractivity contribution >= 4 is 34.1 Å². The molecule has 6 heteroatoms. The first-order valence-corrected chi connectivity index (χ1v) is 10.00. The molecule has 2 aromatic heterocycles. The highest BCUT2D eigenvalue weighted by molar-refractivity contribution is 6.31. The van der Waals surface area contributed by atoms with Crippen molar-refractivity contribution in [2.24, 2.45) is 0 Å². The van der Waals surface area contributed by atoms with Crippen molar-refractivity contribution < 1.29 is 0 Å². The van der Waals surface area contributed by atoms with E-state index in [-0.39, 0.29) is 0 Å². The molecule has 1 N–H and O–H groups in total. The van der Waals surface area contributed by atoms with Crippen LogP contribution in [0.3, 0.4) is 0 Å². The lowest BCUT2D eigenvalue weighted by molar-refractivity contribution is 0.244. The summed E-state index contributed by atoms with van der Waals surface area (Å²) in [6.45, 7) is 2.69. The Kier molecular flexibility index (Phi) is 4.55. The van der Waals surface area contributed by atoms with Gasteiger partial charge in [-0.05, 0) is 48.0 Å². The fraction of sp³-hybridized carbons (Fsp3) is 0.182. The van der Waals surface area contributed by atoms with Gasteiger partial charge in [-0.25, -0.2) is 9.97 Å². The summed E-state index contributed by atoms with van der Waals surface area (Å²) >= 11 is 12.2. The number of aromatic amines is 1. The second kappa shape index (κ2) is 7.21. The minimum Gasteiger partial charge on any atom is -0.361 e. The molecule has 5 rings (SSSR count). The predicted octanol–water partition coefficient (Wildman–Crippen LogP) is 5.49. The number of hydrogen-bond donors (Lipinski definition) is 1. The van der Waals surface area contributed by atoms with Gasteiger partial charge >= 0.3 is 0 Å². The maximum Gasteiger partial charge on any atom is 0.159 e. The molecule has 0 unspecified atom stereocenters. The van der Waals surface area contributed by atoms with E-state index in [0.717, 1.165) is 58.7 Å². The molecule has 4 aromatic rings. The summed E-state index contributed by atoms with van der Waals surface area (Å²) < 4.78 is 0. The van der Waals surface area contributed by atoms with Gasteiger partial charge in [0.1, 0.15) is 0 Å². The van der Waals surface area contributed by atoms with Gasteiger partial charge in [-0.1, -0.05) is 23.2 Å². The lowest BCUT2D eigenvalue weighted by Gasteiger charge is -2.27. The number of nitrogens with zero attached hydrogens (tertiary/aromatic N) is 3. The molecule has 28 heavy (non-hydrogen) atoms. The van der Waals surface area contributed by atoms with E-state index in [0.29, 0.717) is 0 Å². The molecule has 0 amide bonds. The summed E-state index contributed by atoms with van der Waals surface area (Å²) in [5.74, 6) is 0.759. The number of halogens is 2. The fourth-order valence-electron chi connectivity index (χ4n) is 3.77. The zero-order valence-corrected chi connectivity index (χ0v) is 16.6. The molecule has 0 fully saturated rings. The van der Waals surface area contributed by atoms with E-state index >= 15 is 0 Å². The first-order valence-electron chi connectivity index (χ1n) is 9.24. The Hall–Kier alpha value is -2.40. The van der Waals surface area contributed by atoms with Crippen molar-refractivity contribution in [1.82, 2.24) is 19.9 Å². The summed E-state index contributed by atoms with van der Waals surface area (Å²) in [6.07, 6.45) is 4.96. The van der Waals surface area contributed by atoms with E-state index in [1.165, 1.54) is 16.5 Å².